The molecule has 4 heteroatoms. The number of phenolic OH excluding ortho intramolecular Hbond substituents is 1. The Morgan fingerprint density at radius 2 is 1.78 bits per heavy atom. The molecule has 0 spiro atoms. The van der Waals surface area contributed by atoms with Crippen molar-refractivity contribution >= 4 is 0 Å². The lowest BCUT2D eigenvalue weighted by Crippen LogP contribution is -2.20. The van der Waals surface area contributed by atoms with E-state index >= 15 is 0 Å². The molecule has 0 aliphatic heterocycles. The van der Waals surface area contributed by atoms with Gasteiger partial charge in [-0.05, 0) is 29.5 Å². The standard InChI is InChI=1S/C14H22O4/c1-14(2,3)9-4-5-11(16)10(8-9)13(18)12(17)6-7-15/h4-5,8,12-13,15-18H,6-7H2,1-3H3. The lowest BCUT2D eigenvalue weighted by molar-refractivity contribution is 0.00298. The first-order valence-electron chi connectivity index (χ1n) is 6.07. The highest BCUT2D eigenvalue weighted by Gasteiger charge is 2.23. The summed E-state index contributed by atoms with van der Waals surface area (Å²) in [7, 11) is 0. The Kier molecular flexibility index (Phi) is 4.73. The van der Waals surface area contributed by atoms with Crippen molar-refractivity contribution in [2.75, 3.05) is 6.61 Å². The van der Waals surface area contributed by atoms with Crippen LogP contribution in [0.25, 0.3) is 0 Å². The average Bonchev–Trinajstić information content (AvgIpc) is 2.27. The number of benzene rings is 1. The average molecular weight is 254 g/mol. The van der Waals surface area contributed by atoms with Gasteiger partial charge in [0.1, 0.15) is 11.9 Å². The van der Waals surface area contributed by atoms with Gasteiger partial charge in [0.05, 0.1) is 6.10 Å². The van der Waals surface area contributed by atoms with Crippen LogP contribution in [0, 0.1) is 0 Å². The zero-order chi connectivity index (χ0) is 13.9. The van der Waals surface area contributed by atoms with Gasteiger partial charge in [0.2, 0.25) is 0 Å². The van der Waals surface area contributed by atoms with Gasteiger partial charge in [-0.3, -0.25) is 0 Å². The van der Waals surface area contributed by atoms with Crippen LogP contribution in [0.5, 0.6) is 5.75 Å². The van der Waals surface area contributed by atoms with E-state index in [-0.39, 0.29) is 24.2 Å². The van der Waals surface area contributed by atoms with Gasteiger partial charge in [-0.25, -0.2) is 0 Å². The molecule has 1 rings (SSSR count). The number of aromatic hydroxyl groups is 1. The first-order chi connectivity index (χ1) is 8.27. The molecule has 0 saturated heterocycles. The minimum atomic E-state index is -1.19. The molecule has 0 saturated carbocycles. The van der Waals surface area contributed by atoms with Crippen molar-refractivity contribution < 1.29 is 20.4 Å². The lowest BCUT2D eigenvalue weighted by atomic mass is 9.85. The van der Waals surface area contributed by atoms with E-state index in [0.29, 0.717) is 5.56 Å². The van der Waals surface area contributed by atoms with Crippen molar-refractivity contribution in [2.45, 2.75) is 44.8 Å². The van der Waals surface area contributed by atoms with Crippen molar-refractivity contribution in [2.24, 2.45) is 0 Å². The fourth-order valence-corrected chi connectivity index (χ4v) is 1.76. The van der Waals surface area contributed by atoms with E-state index in [0.717, 1.165) is 5.56 Å². The molecule has 18 heavy (non-hydrogen) atoms. The molecule has 0 fully saturated rings. The third-order valence-corrected chi connectivity index (χ3v) is 3.00. The summed E-state index contributed by atoms with van der Waals surface area (Å²) in [5.74, 6) is -0.0486. The summed E-state index contributed by atoms with van der Waals surface area (Å²) in [6.07, 6.45) is -2.21. The molecular weight excluding hydrogens is 232 g/mol. The second-order valence-electron chi connectivity index (χ2n) is 5.55. The highest BCUT2D eigenvalue weighted by atomic mass is 16.3. The van der Waals surface area contributed by atoms with Crippen LogP contribution in [-0.2, 0) is 5.41 Å². The van der Waals surface area contributed by atoms with Crippen molar-refractivity contribution in [3.8, 4) is 5.75 Å². The summed E-state index contributed by atoms with van der Waals surface area (Å²) >= 11 is 0. The van der Waals surface area contributed by atoms with Gasteiger partial charge in [-0.15, -0.1) is 0 Å². The lowest BCUT2D eigenvalue weighted by Gasteiger charge is -2.23. The fourth-order valence-electron chi connectivity index (χ4n) is 1.76. The SMILES string of the molecule is CC(C)(C)c1ccc(O)c(C(O)C(O)CCO)c1. The van der Waals surface area contributed by atoms with Crippen molar-refractivity contribution in [1.29, 1.82) is 0 Å². The molecular formula is C14H22O4. The monoisotopic (exact) mass is 254 g/mol. The van der Waals surface area contributed by atoms with Gasteiger partial charge in [0, 0.05) is 12.2 Å². The normalized spacial score (nSPS) is 15.4. The molecule has 102 valence electrons. The van der Waals surface area contributed by atoms with Crippen LogP contribution in [0.1, 0.15) is 44.4 Å². The van der Waals surface area contributed by atoms with Crippen LogP contribution in [-0.4, -0.2) is 33.1 Å². The molecule has 4 N–H and O–H groups in total. The van der Waals surface area contributed by atoms with Crippen molar-refractivity contribution in [3.63, 3.8) is 0 Å². The highest BCUT2D eigenvalue weighted by molar-refractivity contribution is 5.40. The number of hydrogen-bond donors (Lipinski definition) is 4. The predicted octanol–water partition coefficient (Wildman–Crippen LogP) is 1.47. The first-order valence-corrected chi connectivity index (χ1v) is 6.07. The molecule has 0 aromatic heterocycles. The molecule has 2 atom stereocenters. The molecule has 0 aliphatic carbocycles. The van der Waals surface area contributed by atoms with Crippen LogP contribution in [0.2, 0.25) is 0 Å². The zero-order valence-corrected chi connectivity index (χ0v) is 11.1. The quantitative estimate of drug-likeness (QED) is 0.656. The molecule has 0 heterocycles. The fraction of sp³-hybridized carbons (Fsp3) is 0.571. The molecule has 0 amide bonds. The Balaban J connectivity index is 3.08. The van der Waals surface area contributed by atoms with Crippen LogP contribution in [0.4, 0.5) is 0 Å². The minimum Gasteiger partial charge on any atom is -0.508 e. The summed E-state index contributed by atoms with van der Waals surface area (Å²) in [5.41, 5.74) is 1.15. The third kappa shape index (κ3) is 3.45. The Labute approximate surface area is 108 Å². The van der Waals surface area contributed by atoms with Gasteiger partial charge in [0.15, 0.2) is 0 Å². The maximum atomic E-state index is 9.97. The number of aliphatic hydroxyl groups is 3. The van der Waals surface area contributed by atoms with Gasteiger partial charge < -0.3 is 20.4 Å². The van der Waals surface area contributed by atoms with Crippen LogP contribution in [0.15, 0.2) is 18.2 Å². The molecule has 0 bridgehead atoms. The molecule has 4 nitrogen and oxygen atoms in total. The molecule has 1 aromatic rings. The second kappa shape index (κ2) is 5.69. The van der Waals surface area contributed by atoms with Crippen LogP contribution < -0.4 is 0 Å². The number of phenols is 1. The van der Waals surface area contributed by atoms with E-state index in [4.69, 9.17) is 5.11 Å². The topological polar surface area (TPSA) is 80.9 Å². The van der Waals surface area contributed by atoms with Gasteiger partial charge in [0.25, 0.3) is 0 Å². The highest BCUT2D eigenvalue weighted by Crippen LogP contribution is 2.32. The summed E-state index contributed by atoms with van der Waals surface area (Å²) in [6, 6.07) is 5.01. The van der Waals surface area contributed by atoms with E-state index in [1.54, 1.807) is 12.1 Å². The third-order valence-electron chi connectivity index (χ3n) is 3.00. The summed E-state index contributed by atoms with van der Waals surface area (Å²) in [6.45, 7) is 5.87. The van der Waals surface area contributed by atoms with E-state index in [1.807, 2.05) is 20.8 Å². The number of aliphatic hydroxyl groups excluding tert-OH is 3. The maximum Gasteiger partial charge on any atom is 0.121 e. The van der Waals surface area contributed by atoms with E-state index in [9.17, 15) is 15.3 Å². The van der Waals surface area contributed by atoms with Gasteiger partial charge in [-0.2, -0.15) is 0 Å². The minimum absolute atomic E-state index is 0.0486. The maximum absolute atomic E-state index is 9.97. The largest absolute Gasteiger partial charge is 0.508 e. The summed E-state index contributed by atoms with van der Waals surface area (Å²) in [4.78, 5) is 0. The summed E-state index contributed by atoms with van der Waals surface area (Å²) < 4.78 is 0. The predicted molar refractivity (Wildman–Crippen MR) is 69.5 cm³/mol. The molecule has 1 aromatic carbocycles. The molecule has 0 radical (unpaired) electrons. The second-order valence-corrected chi connectivity index (χ2v) is 5.55. The number of rotatable bonds is 4. The Hall–Kier alpha value is -1.10. The van der Waals surface area contributed by atoms with Crippen LogP contribution in [0.3, 0.4) is 0 Å². The van der Waals surface area contributed by atoms with Gasteiger partial charge in [-0.1, -0.05) is 26.8 Å². The van der Waals surface area contributed by atoms with Crippen molar-refractivity contribution in [1.82, 2.24) is 0 Å². The number of hydrogen-bond acceptors (Lipinski definition) is 4. The van der Waals surface area contributed by atoms with E-state index < -0.39 is 12.2 Å². The van der Waals surface area contributed by atoms with Crippen LogP contribution >= 0.6 is 0 Å². The van der Waals surface area contributed by atoms with Gasteiger partial charge >= 0.3 is 0 Å². The van der Waals surface area contributed by atoms with E-state index in [1.165, 1.54) is 6.07 Å². The zero-order valence-electron chi connectivity index (χ0n) is 11.1. The Morgan fingerprint density at radius 3 is 2.28 bits per heavy atom. The molecule has 0 aliphatic rings. The summed E-state index contributed by atoms with van der Waals surface area (Å²) in [5, 5.41) is 38.1. The first kappa shape index (κ1) is 15.0. The van der Waals surface area contributed by atoms with E-state index in [2.05, 4.69) is 0 Å². The van der Waals surface area contributed by atoms with Crippen molar-refractivity contribution in [3.05, 3.63) is 29.3 Å². The Bertz CT molecular complexity index is 395. The Morgan fingerprint density at radius 1 is 1.17 bits per heavy atom. The smallest absolute Gasteiger partial charge is 0.121 e. The molecule has 2 unspecified atom stereocenters.